The number of hydrogen-bond donors (Lipinski definition) is 2. The van der Waals surface area contributed by atoms with E-state index in [1.807, 2.05) is 37.3 Å². The summed E-state index contributed by atoms with van der Waals surface area (Å²) in [6, 6.07) is 9.86. The van der Waals surface area contributed by atoms with Crippen molar-refractivity contribution in [2.45, 2.75) is 13.0 Å². The zero-order valence-corrected chi connectivity index (χ0v) is 11.5. The minimum absolute atomic E-state index is 0.133. The van der Waals surface area contributed by atoms with Gasteiger partial charge in [0.25, 0.3) is 0 Å². The molecule has 0 amide bonds. The molecule has 1 unspecified atom stereocenters. The van der Waals surface area contributed by atoms with Crippen LogP contribution in [0.25, 0.3) is 0 Å². The average molecular weight is 287 g/mol. The lowest BCUT2D eigenvalue weighted by molar-refractivity contribution is 0.639. The number of rotatable bonds is 3. The number of thiophene rings is 1. The van der Waals surface area contributed by atoms with E-state index in [1.165, 1.54) is 16.9 Å². The third-order valence-corrected chi connectivity index (χ3v) is 4.09. The first-order valence-corrected chi connectivity index (χ1v) is 6.66. The summed E-state index contributed by atoms with van der Waals surface area (Å²) in [6.45, 7) is 2.04. The fourth-order valence-corrected chi connectivity index (χ4v) is 3.21. The summed E-state index contributed by atoms with van der Waals surface area (Å²) < 4.78 is 1.33. The highest BCUT2D eigenvalue weighted by atomic mass is 35.5. The smallest absolute Gasteiger partial charge is 0.0995 e. The summed E-state index contributed by atoms with van der Waals surface area (Å²) >= 11 is 13.4. The first kappa shape index (κ1) is 12.9. The molecule has 2 nitrogen and oxygen atoms in total. The summed E-state index contributed by atoms with van der Waals surface area (Å²) in [5.74, 6) is 5.61. The zero-order chi connectivity index (χ0) is 12.4. The predicted octanol–water partition coefficient (Wildman–Crippen LogP) is 3.92. The maximum Gasteiger partial charge on any atom is 0.0995 e. The lowest BCUT2D eigenvalue weighted by atomic mass is 10.0. The second-order valence-corrected chi connectivity index (χ2v) is 6.08. The number of nitrogens with one attached hydrogen (secondary N) is 1. The number of benzene rings is 1. The Morgan fingerprint density at radius 3 is 2.35 bits per heavy atom. The molecule has 0 saturated carbocycles. The van der Waals surface area contributed by atoms with Crippen LogP contribution in [0.5, 0.6) is 0 Å². The minimum Gasteiger partial charge on any atom is -0.271 e. The molecule has 0 fully saturated rings. The molecule has 0 saturated heterocycles. The largest absolute Gasteiger partial charge is 0.271 e. The van der Waals surface area contributed by atoms with Gasteiger partial charge in [-0.15, -0.1) is 11.3 Å². The van der Waals surface area contributed by atoms with Crippen molar-refractivity contribution in [3.8, 4) is 0 Å². The number of halogens is 2. The van der Waals surface area contributed by atoms with Crippen molar-refractivity contribution in [1.29, 1.82) is 0 Å². The Labute approximate surface area is 114 Å². The monoisotopic (exact) mass is 286 g/mol. The van der Waals surface area contributed by atoms with Gasteiger partial charge < -0.3 is 0 Å². The Balaban J connectivity index is 2.39. The van der Waals surface area contributed by atoms with Gasteiger partial charge in [-0.25, -0.2) is 5.43 Å². The Hall–Kier alpha value is -0.580. The Kier molecular flexibility index (Phi) is 4.07. The second kappa shape index (κ2) is 5.38. The summed E-state index contributed by atoms with van der Waals surface area (Å²) in [7, 11) is 0. The molecule has 2 aromatic rings. The van der Waals surface area contributed by atoms with E-state index < -0.39 is 0 Å². The van der Waals surface area contributed by atoms with Crippen LogP contribution in [0.15, 0.2) is 30.3 Å². The van der Waals surface area contributed by atoms with Gasteiger partial charge in [-0.3, -0.25) is 5.84 Å². The summed E-state index contributed by atoms with van der Waals surface area (Å²) in [5.41, 5.74) is 5.95. The van der Waals surface area contributed by atoms with Crippen LogP contribution in [0.1, 0.15) is 22.7 Å². The summed E-state index contributed by atoms with van der Waals surface area (Å²) in [5, 5.41) is 0. The molecule has 0 aliphatic carbocycles. The summed E-state index contributed by atoms with van der Waals surface area (Å²) in [4.78, 5) is 0. The number of aryl methyl sites for hydroxylation is 1. The van der Waals surface area contributed by atoms with Crippen molar-refractivity contribution in [3.63, 3.8) is 0 Å². The van der Waals surface area contributed by atoms with Crippen LogP contribution in [0.3, 0.4) is 0 Å². The van der Waals surface area contributed by atoms with Crippen LogP contribution in [-0.2, 0) is 0 Å². The first-order valence-electron chi connectivity index (χ1n) is 5.09. The van der Waals surface area contributed by atoms with Gasteiger partial charge in [0.2, 0.25) is 0 Å². The van der Waals surface area contributed by atoms with E-state index in [-0.39, 0.29) is 6.04 Å². The van der Waals surface area contributed by atoms with Crippen molar-refractivity contribution >= 4 is 34.5 Å². The van der Waals surface area contributed by atoms with E-state index >= 15 is 0 Å². The van der Waals surface area contributed by atoms with Gasteiger partial charge in [0.05, 0.1) is 14.7 Å². The van der Waals surface area contributed by atoms with Crippen LogP contribution in [0.2, 0.25) is 8.67 Å². The maximum atomic E-state index is 6.14. The molecule has 0 spiro atoms. The van der Waals surface area contributed by atoms with Crippen molar-refractivity contribution in [3.05, 3.63) is 55.7 Å². The third kappa shape index (κ3) is 2.81. The molecule has 5 heteroatoms. The van der Waals surface area contributed by atoms with Crippen LogP contribution >= 0.6 is 34.5 Å². The van der Waals surface area contributed by atoms with Gasteiger partial charge in [-0.05, 0) is 18.6 Å². The average Bonchev–Trinajstić information content (AvgIpc) is 2.62. The van der Waals surface area contributed by atoms with E-state index in [0.29, 0.717) is 8.67 Å². The molecular weight excluding hydrogens is 275 g/mol. The molecule has 0 radical (unpaired) electrons. The highest BCUT2D eigenvalue weighted by molar-refractivity contribution is 7.20. The quantitative estimate of drug-likeness (QED) is 0.663. The van der Waals surface area contributed by atoms with Crippen LogP contribution < -0.4 is 11.3 Å². The van der Waals surface area contributed by atoms with Gasteiger partial charge in [0, 0.05) is 5.56 Å². The SMILES string of the molecule is Cc1ccc(C(NN)c2cc(Cl)sc2Cl)cc1. The molecule has 2 rings (SSSR count). The molecule has 1 aromatic carbocycles. The minimum atomic E-state index is -0.133. The maximum absolute atomic E-state index is 6.14. The van der Waals surface area contributed by atoms with Crippen LogP contribution in [0, 0.1) is 6.92 Å². The predicted molar refractivity (Wildman–Crippen MR) is 74.7 cm³/mol. The molecule has 1 aromatic heterocycles. The molecule has 1 atom stereocenters. The molecule has 0 bridgehead atoms. The molecule has 1 heterocycles. The van der Waals surface area contributed by atoms with Gasteiger partial charge >= 0.3 is 0 Å². The molecule has 17 heavy (non-hydrogen) atoms. The third-order valence-electron chi connectivity index (χ3n) is 2.57. The van der Waals surface area contributed by atoms with Gasteiger partial charge in [-0.1, -0.05) is 53.0 Å². The lowest BCUT2D eigenvalue weighted by Crippen LogP contribution is -2.28. The van der Waals surface area contributed by atoms with Crippen LogP contribution in [0.4, 0.5) is 0 Å². The van der Waals surface area contributed by atoms with Gasteiger partial charge in [0.1, 0.15) is 0 Å². The topological polar surface area (TPSA) is 38.0 Å². The second-order valence-electron chi connectivity index (χ2n) is 3.79. The zero-order valence-electron chi connectivity index (χ0n) is 9.21. The Bertz CT molecular complexity index is 508. The molecule has 0 aliphatic rings. The fraction of sp³-hybridized carbons (Fsp3) is 0.167. The highest BCUT2D eigenvalue weighted by Gasteiger charge is 2.18. The first-order chi connectivity index (χ1) is 8.11. The number of hydrazine groups is 1. The van der Waals surface area contributed by atoms with Crippen molar-refractivity contribution in [1.82, 2.24) is 5.43 Å². The van der Waals surface area contributed by atoms with E-state index in [9.17, 15) is 0 Å². The molecule has 3 N–H and O–H groups in total. The van der Waals surface area contributed by atoms with E-state index in [2.05, 4.69) is 5.43 Å². The standard InChI is InChI=1S/C12H12Cl2N2S/c1-7-2-4-8(5-3-7)11(16-15)9-6-10(13)17-12(9)14/h2-6,11,16H,15H2,1H3. The molecule has 0 aliphatic heterocycles. The highest BCUT2D eigenvalue weighted by Crippen LogP contribution is 2.37. The van der Waals surface area contributed by atoms with E-state index in [0.717, 1.165) is 11.1 Å². The summed E-state index contributed by atoms with van der Waals surface area (Å²) in [6.07, 6.45) is 0. The van der Waals surface area contributed by atoms with Gasteiger partial charge in [0.15, 0.2) is 0 Å². The molecule has 90 valence electrons. The van der Waals surface area contributed by atoms with Crippen LogP contribution in [-0.4, -0.2) is 0 Å². The Morgan fingerprint density at radius 1 is 1.24 bits per heavy atom. The van der Waals surface area contributed by atoms with Gasteiger partial charge in [-0.2, -0.15) is 0 Å². The van der Waals surface area contributed by atoms with Crippen molar-refractivity contribution in [2.24, 2.45) is 5.84 Å². The lowest BCUT2D eigenvalue weighted by Gasteiger charge is -2.16. The van der Waals surface area contributed by atoms with E-state index in [4.69, 9.17) is 29.0 Å². The fourth-order valence-electron chi connectivity index (χ4n) is 1.67. The Morgan fingerprint density at radius 2 is 1.88 bits per heavy atom. The number of hydrogen-bond acceptors (Lipinski definition) is 3. The van der Waals surface area contributed by atoms with E-state index in [1.54, 1.807) is 0 Å². The van der Waals surface area contributed by atoms with Crippen molar-refractivity contribution < 1.29 is 0 Å². The van der Waals surface area contributed by atoms with Crippen molar-refractivity contribution in [2.75, 3.05) is 0 Å². The number of nitrogens with two attached hydrogens (primary N) is 1. The molecular formula is C12H12Cl2N2S. The normalized spacial score (nSPS) is 12.7.